The molecule has 1 N–H and O–H groups in total. The highest BCUT2D eigenvalue weighted by Gasteiger charge is 2.22. The van der Waals surface area contributed by atoms with Crippen LogP contribution >= 0.6 is 0 Å². The molecule has 0 unspecified atom stereocenters. The van der Waals surface area contributed by atoms with Crippen molar-refractivity contribution in [2.45, 2.75) is 32.4 Å². The van der Waals surface area contributed by atoms with Crippen molar-refractivity contribution in [1.82, 2.24) is 25.0 Å². The number of piperidine rings is 1. The summed E-state index contributed by atoms with van der Waals surface area (Å²) in [6.07, 6.45) is 3.38. The molecule has 2 aromatic heterocycles. The minimum absolute atomic E-state index is 0.117. The van der Waals surface area contributed by atoms with Crippen LogP contribution in [0.2, 0.25) is 0 Å². The van der Waals surface area contributed by atoms with Crippen molar-refractivity contribution in [2.24, 2.45) is 7.05 Å². The van der Waals surface area contributed by atoms with Gasteiger partial charge in [0.15, 0.2) is 0 Å². The van der Waals surface area contributed by atoms with Crippen LogP contribution in [0.1, 0.15) is 34.6 Å². The Kier molecular flexibility index (Phi) is 5.90. The lowest BCUT2D eigenvalue weighted by atomic mass is 10.0. The average molecular weight is 407 g/mol. The predicted octanol–water partition coefficient (Wildman–Crippen LogP) is 3.32. The van der Waals surface area contributed by atoms with Crippen molar-refractivity contribution in [3.05, 3.63) is 71.4 Å². The van der Waals surface area contributed by atoms with Gasteiger partial charge in [-0.2, -0.15) is 5.10 Å². The standard InChI is InChI=1S/C23H26FN5O/c1-16-12-21(28(2)27-16)15-29-10-8-20(9-11-29)26-23(30)18-6-7-22(25-14-18)17-4-3-5-19(24)13-17/h3-7,12-14,20H,8-11,15H2,1-2H3,(H,26,30). The first-order valence-electron chi connectivity index (χ1n) is 10.2. The Labute approximate surface area is 175 Å². The molecule has 7 heteroatoms. The smallest absolute Gasteiger partial charge is 0.253 e. The molecule has 1 amide bonds. The molecule has 3 heterocycles. The number of nitrogens with one attached hydrogen (secondary N) is 1. The molecule has 0 bridgehead atoms. The summed E-state index contributed by atoms with van der Waals surface area (Å²) in [5.74, 6) is -0.421. The number of benzene rings is 1. The van der Waals surface area contributed by atoms with Gasteiger partial charge < -0.3 is 5.32 Å². The minimum atomic E-state index is -0.305. The number of halogens is 1. The number of hydrogen-bond acceptors (Lipinski definition) is 4. The molecule has 6 nitrogen and oxygen atoms in total. The Hall–Kier alpha value is -3.06. The summed E-state index contributed by atoms with van der Waals surface area (Å²) < 4.78 is 15.3. The lowest BCUT2D eigenvalue weighted by Crippen LogP contribution is -2.44. The maximum absolute atomic E-state index is 13.4. The van der Waals surface area contributed by atoms with Gasteiger partial charge in [0.2, 0.25) is 0 Å². The Balaban J connectivity index is 1.30. The Bertz CT molecular complexity index is 1020. The van der Waals surface area contributed by atoms with Crippen molar-refractivity contribution in [1.29, 1.82) is 0 Å². The van der Waals surface area contributed by atoms with Crippen molar-refractivity contribution in [3.63, 3.8) is 0 Å². The van der Waals surface area contributed by atoms with Gasteiger partial charge in [0.05, 0.1) is 22.6 Å². The predicted molar refractivity (Wildman–Crippen MR) is 113 cm³/mol. The number of carbonyl (C=O) groups excluding carboxylic acids is 1. The number of likely N-dealkylation sites (tertiary alicyclic amines) is 1. The van der Waals surface area contributed by atoms with Crippen molar-refractivity contribution < 1.29 is 9.18 Å². The van der Waals surface area contributed by atoms with Crippen LogP contribution in [0.25, 0.3) is 11.3 Å². The fourth-order valence-corrected chi connectivity index (χ4v) is 3.89. The molecule has 1 saturated heterocycles. The zero-order chi connectivity index (χ0) is 21.1. The minimum Gasteiger partial charge on any atom is -0.349 e. The largest absolute Gasteiger partial charge is 0.349 e. The van der Waals surface area contributed by atoms with E-state index >= 15 is 0 Å². The molecule has 0 saturated carbocycles. The van der Waals surface area contributed by atoms with Gasteiger partial charge in [-0.25, -0.2) is 4.39 Å². The first-order valence-corrected chi connectivity index (χ1v) is 10.2. The third-order valence-electron chi connectivity index (χ3n) is 5.55. The van der Waals surface area contributed by atoms with Gasteiger partial charge in [0.1, 0.15) is 5.82 Å². The summed E-state index contributed by atoms with van der Waals surface area (Å²) in [5, 5.41) is 7.52. The van der Waals surface area contributed by atoms with Gasteiger partial charge in [-0.15, -0.1) is 0 Å². The van der Waals surface area contributed by atoms with E-state index in [0.717, 1.165) is 38.2 Å². The number of aromatic nitrogens is 3. The Morgan fingerprint density at radius 3 is 2.63 bits per heavy atom. The van der Waals surface area contributed by atoms with E-state index in [4.69, 9.17) is 0 Å². The number of carbonyl (C=O) groups is 1. The number of pyridine rings is 1. The van der Waals surface area contributed by atoms with Gasteiger partial charge in [-0.3, -0.25) is 19.4 Å². The van der Waals surface area contributed by atoms with Gasteiger partial charge in [0, 0.05) is 44.5 Å². The van der Waals surface area contributed by atoms with Crippen LogP contribution < -0.4 is 5.32 Å². The molecule has 1 fully saturated rings. The van der Waals surface area contributed by atoms with Crippen LogP contribution in [0.15, 0.2) is 48.7 Å². The molecule has 156 valence electrons. The lowest BCUT2D eigenvalue weighted by molar-refractivity contribution is 0.0908. The quantitative estimate of drug-likeness (QED) is 0.705. The van der Waals surface area contributed by atoms with E-state index in [2.05, 4.69) is 26.4 Å². The number of aryl methyl sites for hydroxylation is 2. The van der Waals surface area contributed by atoms with Gasteiger partial charge in [-0.05, 0) is 50.1 Å². The Morgan fingerprint density at radius 2 is 2.00 bits per heavy atom. The lowest BCUT2D eigenvalue weighted by Gasteiger charge is -2.32. The summed E-state index contributed by atoms with van der Waals surface area (Å²) >= 11 is 0. The summed E-state index contributed by atoms with van der Waals surface area (Å²) in [6, 6.07) is 12.0. The fourth-order valence-electron chi connectivity index (χ4n) is 3.89. The maximum Gasteiger partial charge on any atom is 0.253 e. The van der Waals surface area contributed by atoms with E-state index in [1.165, 1.54) is 17.8 Å². The second-order valence-corrected chi connectivity index (χ2v) is 7.87. The normalized spacial score (nSPS) is 15.3. The third kappa shape index (κ3) is 4.74. The number of rotatable bonds is 5. The van der Waals surface area contributed by atoms with Crippen molar-refractivity contribution >= 4 is 5.91 Å². The summed E-state index contributed by atoms with van der Waals surface area (Å²) in [4.78, 5) is 19.3. The van der Waals surface area contributed by atoms with Crippen LogP contribution in [0.5, 0.6) is 0 Å². The molecule has 0 spiro atoms. The number of nitrogens with zero attached hydrogens (tertiary/aromatic N) is 4. The first kappa shape index (κ1) is 20.2. The van der Waals surface area contributed by atoms with Crippen LogP contribution in [-0.4, -0.2) is 44.7 Å². The number of hydrogen-bond donors (Lipinski definition) is 1. The molecular weight excluding hydrogens is 381 g/mol. The molecule has 1 aliphatic heterocycles. The van der Waals surface area contributed by atoms with E-state index in [-0.39, 0.29) is 17.8 Å². The highest BCUT2D eigenvalue weighted by atomic mass is 19.1. The van der Waals surface area contributed by atoms with Gasteiger partial charge >= 0.3 is 0 Å². The molecule has 4 rings (SSSR count). The van der Waals surface area contributed by atoms with E-state index in [9.17, 15) is 9.18 Å². The molecule has 0 aliphatic carbocycles. The molecule has 1 aromatic carbocycles. The Morgan fingerprint density at radius 1 is 1.20 bits per heavy atom. The third-order valence-corrected chi connectivity index (χ3v) is 5.55. The first-order chi connectivity index (χ1) is 14.5. The topological polar surface area (TPSA) is 63.1 Å². The SMILES string of the molecule is Cc1cc(CN2CCC(NC(=O)c3ccc(-c4cccc(F)c4)nc3)CC2)n(C)n1. The second kappa shape index (κ2) is 8.75. The van der Waals surface area contributed by atoms with E-state index in [1.807, 2.05) is 18.7 Å². The van der Waals surface area contributed by atoms with Gasteiger partial charge in [-0.1, -0.05) is 12.1 Å². The molecule has 0 atom stereocenters. The second-order valence-electron chi connectivity index (χ2n) is 7.87. The molecule has 30 heavy (non-hydrogen) atoms. The average Bonchev–Trinajstić information content (AvgIpc) is 3.06. The fraction of sp³-hybridized carbons (Fsp3) is 0.348. The zero-order valence-corrected chi connectivity index (χ0v) is 17.3. The van der Waals surface area contributed by atoms with Crippen LogP contribution in [0.3, 0.4) is 0 Å². The van der Waals surface area contributed by atoms with E-state index in [0.29, 0.717) is 16.8 Å². The summed E-state index contributed by atoms with van der Waals surface area (Å²) in [5.41, 5.74) is 4.09. The van der Waals surface area contributed by atoms with Crippen molar-refractivity contribution in [3.8, 4) is 11.3 Å². The monoisotopic (exact) mass is 407 g/mol. The van der Waals surface area contributed by atoms with Crippen molar-refractivity contribution in [2.75, 3.05) is 13.1 Å². The molecule has 1 aliphatic rings. The number of amides is 1. The summed E-state index contributed by atoms with van der Waals surface area (Å²) in [6.45, 7) is 4.76. The van der Waals surface area contributed by atoms with Crippen LogP contribution in [0.4, 0.5) is 4.39 Å². The highest BCUT2D eigenvalue weighted by Crippen LogP contribution is 2.19. The summed E-state index contributed by atoms with van der Waals surface area (Å²) in [7, 11) is 1.98. The molecule has 3 aromatic rings. The van der Waals surface area contributed by atoms with Crippen LogP contribution in [0, 0.1) is 12.7 Å². The maximum atomic E-state index is 13.4. The van der Waals surface area contributed by atoms with Crippen LogP contribution in [-0.2, 0) is 13.6 Å². The molecule has 0 radical (unpaired) electrons. The van der Waals surface area contributed by atoms with E-state index < -0.39 is 0 Å². The highest BCUT2D eigenvalue weighted by molar-refractivity contribution is 5.94. The van der Waals surface area contributed by atoms with E-state index in [1.54, 1.807) is 30.5 Å². The zero-order valence-electron chi connectivity index (χ0n) is 17.3. The molecular formula is C23H26FN5O. The van der Waals surface area contributed by atoms with Gasteiger partial charge in [0.25, 0.3) is 5.91 Å².